The molecule has 38 heavy (non-hydrogen) atoms. The number of ether oxygens (including phenoxy) is 3. The van der Waals surface area contributed by atoms with Crippen molar-refractivity contribution in [3.63, 3.8) is 0 Å². The summed E-state index contributed by atoms with van der Waals surface area (Å²) in [6.07, 6.45) is -0.673. The molecule has 8 heteroatoms. The fourth-order valence-corrected chi connectivity index (χ4v) is 4.31. The summed E-state index contributed by atoms with van der Waals surface area (Å²) in [5, 5.41) is 16.3. The van der Waals surface area contributed by atoms with Gasteiger partial charge in [-0.05, 0) is 29.8 Å². The number of halogens is 1. The van der Waals surface area contributed by atoms with Crippen molar-refractivity contribution in [2.24, 2.45) is 7.05 Å². The second-order valence-electron chi connectivity index (χ2n) is 9.06. The molecule has 0 bridgehead atoms. The molecule has 0 radical (unpaired) electrons. The molecular formula is C30H34ClN3O4. The zero-order chi connectivity index (χ0) is 26.7. The van der Waals surface area contributed by atoms with Gasteiger partial charge < -0.3 is 19.3 Å². The van der Waals surface area contributed by atoms with Gasteiger partial charge in [0, 0.05) is 44.4 Å². The average Bonchev–Trinajstić information content (AvgIpc) is 3.24. The van der Waals surface area contributed by atoms with E-state index in [1.165, 1.54) is 0 Å². The molecule has 0 fully saturated rings. The molecular weight excluding hydrogens is 502 g/mol. The lowest BCUT2D eigenvalue weighted by molar-refractivity contribution is 0.00472. The second kappa shape index (κ2) is 14.1. The Morgan fingerprint density at radius 3 is 2.34 bits per heavy atom. The number of hydrogen-bond donors (Lipinski definition) is 1. The topological polar surface area (TPSA) is 69.0 Å². The van der Waals surface area contributed by atoms with Crippen molar-refractivity contribution in [2.45, 2.75) is 19.3 Å². The van der Waals surface area contributed by atoms with E-state index in [9.17, 15) is 5.11 Å². The van der Waals surface area contributed by atoms with Crippen LogP contribution in [-0.2, 0) is 29.7 Å². The quantitative estimate of drug-likeness (QED) is 0.228. The maximum Gasteiger partial charge on any atom is 0.222 e. The number of benzene rings is 3. The van der Waals surface area contributed by atoms with Crippen molar-refractivity contribution in [1.82, 2.24) is 14.7 Å². The number of aryl methyl sites for hydroxylation is 1. The van der Waals surface area contributed by atoms with Gasteiger partial charge in [-0.1, -0.05) is 72.3 Å². The van der Waals surface area contributed by atoms with Gasteiger partial charge in [0.1, 0.15) is 11.4 Å². The van der Waals surface area contributed by atoms with Crippen LogP contribution in [0.4, 0.5) is 0 Å². The van der Waals surface area contributed by atoms with Crippen LogP contribution in [0.3, 0.4) is 0 Å². The Hall–Kier alpha value is -3.20. The first-order valence-electron chi connectivity index (χ1n) is 12.6. The lowest BCUT2D eigenvalue weighted by atomic mass is 10.1. The van der Waals surface area contributed by atoms with Crippen LogP contribution in [0.15, 0.2) is 84.9 Å². The third-order valence-corrected chi connectivity index (χ3v) is 6.30. The molecule has 1 N–H and O–H groups in total. The van der Waals surface area contributed by atoms with Gasteiger partial charge in [0.2, 0.25) is 5.88 Å². The summed E-state index contributed by atoms with van der Waals surface area (Å²) in [4.78, 5) is 2.14. The maximum absolute atomic E-state index is 10.8. The minimum atomic E-state index is -0.673. The van der Waals surface area contributed by atoms with Gasteiger partial charge in [0.15, 0.2) is 0 Å². The first-order valence-corrected chi connectivity index (χ1v) is 13.0. The molecule has 0 amide bonds. The Kier molecular flexibility index (Phi) is 10.3. The molecule has 0 aliphatic heterocycles. The van der Waals surface area contributed by atoms with E-state index in [0.29, 0.717) is 49.5 Å². The molecule has 4 rings (SSSR count). The fraction of sp³-hybridized carbons (Fsp3) is 0.300. The minimum Gasteiger partial charge on any atom is -0.439 e. The van der Waals surface area contributed by atoms with Crippen LogP contribution in [0.2, 0.25) is 5.02 Å². The monoisotopic (exact) mass is 535 g/mol. The molecule has 0 spiro atoms. The highest BCUT2D eigenvalue weighted by Crippen LogP contribution is 2.34. The first kappa shape index (κ1) is 27.8. The number of aliphatic hydroxyl groups excluding tert-OH is 1. The van der Waals surface area contributed by atoms with Crippen LogP contribution in [0.5, 0.6) is 11.6 Å². The second-order valence-corrected chi connectivity index (χ2v) is 9.50. The molecule has 0 saturated carbocycles. The molecule has 0 unspecified atom stereocenters. The Balaban J connectivity index is 1.54. The molecule has 4 aromatic rings. The van der Waals surface area contributed by atoms with Crippen LogP contribution >= 0.6 is 11.6 Å². The van der Waals surface area contributed by atoms with Crippen LogP contribution in [0, 0.1) is 0 Å². The predicted octanol–water partition coefficient (Wildman–Crippen LogP) is 5.56. The summed E-state index contributed by atoms with van der Waals surface area (Å²) in [5.74, 6) is 1.29. The number of methoxy groups -OCH3 is 1. The van der Waals surface area contributed by atoms with Gasteiger partial charge in [-0.25, -0.2) is 4.68 Å². The standard InChI is InChI=1S/C30H34ClN3O4/c1-33-30(38-27-15-13-25(31)14-16-27)28(29(32-33)24-11-7-4-8-12-24)20-34(17-18-36-2)19-26(35)22-37-21-23-9-5-3-6-10-23/h3-16,26,35H,17-22H2,1-2H3/t26-/m0/s1. The number of rotatable bonds is 14. The summed E-state index contributed by atoms with van der Waals surface area (Å²) in [6.45, 7) is 2.73. The Labute approximate surface area is 229 Å². The lowest BCUT2D eigenvalue weighted by Gasteiger charge is -2.25. The van der Waals surface area contributed by atoms with E-state index in [2.05, 4.69) is 4.90 Å². The van der Waals surface area contributed by atoms with Gasteiger partial charge in [-0.15, -0.1) is 0 Å². The Bertz CT molecular complexity index is 1250. The van der Waals surface area contributed by atoms with E-state index in [4.69, 9.17) is 30.9 Å². The van der Waals surface area contributed by atoms with Crippen LogP contribution in [-0.4, -0.2) is 59.3 Å². The molecule has 1 heterocycles. The van der Waals surface area contributed by atoms with E-state index in [1.54, 1.807) is 23.9 Å². The van der Waals surface area contributed by atoms with E-state index in [1.807, 2.05) is 79.8 Å². The molecule has 0 saturated heterocycles. The van der Waals surface area contributed by atoms with E-state index in [0.717, 1.165) is 22.4 Å². The van der Waals surface area contributed by atoms with Crippen LogP contribution < -0.4 is 4.74 Å². The van der Waals surface area contributed by atoms with Gasteiger partial charge in [0.05, 0.1) is 31.5 Å². The number of aromatic nitrogens is 2. The van der Waals surface area contributed by atoms with Gasteiger partial charge in [0.25, 0.3) is 0 Å². The molecule has 200 valence electrons. The fourth-order valence-electron chi connectivity index (χ4n) is 4.18. The maximum atomic E-state index is 10.8. The average molecular weight is 536 g/mol. The van der Waals surface area contributed by atoms with Crippen molar-refractivity contribution in [2.75, 3.05) is 33.4 Å². The first-order chi connectivity index (χ1) is 18.5. The molecule has 3 aromatic carbocycles. The van der Waals surface area contributed by atoms with Crippen molar-refractivity contribution in [3.05, 3.63) is 101 Å². The molecule has 1 atom stereocenters. The van der Waals surface area contributed by atoms with Crippen molar-refractivity contribution >= 4 is 11.6 Å². The lowest BCUT2D eigenvalue weighted by Crippen LogP contribution is -2.36. The highest BCUT2D eigenvalue weighted by atomic mass is 35.5. The number of nitrogens with zero attached hydrogens (tertiary/aromatic N) is 3. The van der Waals surface area contributed by atoms with Gasteiger partial charge in [-0.2, -0.15) is 5.10 Å². The highest BCUT2D eigenvalue weighted by molar-refractivity contribution is 6.30. The molecule has 1 aromatic heterocycles. The summed E-state index contributed by atoms with van der Waals surface area (Å²) in [7, 11) is 3.54. The van der Waals surface area contributed by atoms with Gasteiger partial charge >= 0.3 is 0 Å². The predicted molar refractivity (Wildman–Crippen MR) is 149 cm³/mol. The van der Waals surface area contributed by atoms with Gasteiger partial charge in [-0.3, -0.25) is 4.90 Å². The van der Waals surface area contributed by atoms with Crippen LogP contribution in [0.1, 0.15) is 11.1 Å². The van der Waals surface area contributed by atoms with Crippen LogP contribution in [0.25, 0.3) is 11.3 Å². The van der Waals surface area contributed by atoms with Crippen molar-refractivity contribution in [3.8, 4) is 22.9 Å². The van der Waals surface area contributed by atoms with E-state index in [-0.39, 0.29) is 6.61 Å². The smallest absolute Gasteiger partial charge is 0.222 e. The molecule has 0 aliphatic carbocycles. The summed E-state index contributed by atoms with van der Waals surface area (Å²) in [5.41, 5.74) is 3.81. The summed E-state index contributed by atoms with van der Waals surface area (Å²) >= 11 is 6.07. The normalized spacial score (nSPS) is 12.1. The third kappa shape index (κ3) is 7.90. The van der Waals surface area contributed by atoms with E-state index >= 15 is 0 Å². The van der Waals surface area contributed by atoms with Crippen molar-refractivity contribution in [1.29, 1.82) is 0 Å². The zero-order valence-electron chi connectivity index (χ0n) is 21.8. The van der Waals surface area contributed by atoms with E-state index < -0.39 is 6.10 Å². The third-order valence-electron chi connectivity index (χ3n) is 6.05. The summed E-state index contributed by atoms with van der Waals surface area (Å²) in [6, 6.07) is 27.2. The molecule has 0 aliphatic rings. The summed E-state index contributed by atoms with van der Waals surface area (Å²) < 4.78 is 19.2. The molecule has 7 nitrogen and oxygen atoms in total. The minimum absolute atomic E-state index is 0.227. The Morgan fingerprint density at radius 1 is 0.974 bits per heavy atom. The Morgan fingerprint density at radius 2 is 1.66 bits per heavy atom. The van der Waals surface area contributed by atoms with Crippen molar-refractivity contribution < 1.29 is 19.3 Å². The SMILES string of the molecule is COCCN(Cc1c(-c2ccccc2)nn(C)c1Oc1ccc(Cl)cc1)C[C@H](O)COCc1ccccc1. The largest absolute Gasteiger partial charge is 0.439 e. The zero-order valence-corrected chi connectivity index (χ0v) is 22.6. The number of aliphatic hydroxyl groups is 1. The number of hydrogen-bond acceptors (Lipinski definition) is 6. The highest BCUT2D eigenvalue weighted by Gasteiger charge is 2.23.